The topological polar surface area (TPSA) is 48.5 Å². The highest BCUT2D eigenvalue weighted by molar-refractivity contribution is 5.23. The van der Waals surface area contributed by atoms with E-state index in [0.29, 0.717) is 0 Å². The molecule has 0 fully saturated rings. The molecule has 2 aromatic heterocycles. The summed E-state index contributed by atoms with van der Waals surface area (Å²) in [4.78, 5) is 3.67. The number of hydrogen-bond acceptors (Lipinski definition) is 3. The van der Waals surface area contributed by atoms with Crippen molar-refractivity contribution in [2.45, 2.75) is 35.1 Å². The molecule has 1 aliphatic carbocycles. The third-order valence-corrected chi connectivity index (χ3v) is 3.07. The Morgan fingerprint density at radius 2 is 1.59 bits per heavy atom. The fourth-order valence-electron chi connectivity index (χ4n) is 1.72. The van der Waals surface area contributed by atoms with Crippen LogP contribution in [0.3, 0.4) is 0 Å². The molecule has 5 nitrogen and oxygen atoms in total. The summed E-state index contributed by atoms with van der Waals surface area (Å²) in [6.07, 6.45) is 14.4. The van der Waals surface area contributed by atoms with E-state index in [9.17, 15) is 0 Å². The molecule has 0 spiro atoms. The van der Waals surface area contributed by atoms with Gasteiger partial charge in [-0.05, 0) is 26.3 Å². The quantitative estimate of drug-likeness (QED) is 0.533. The zero-order valence-corrected chi connectivity index (χ0v) is 15.4. The third kappa shape index (κ3) is 15.1. The van der Waals surface area contributed by atoms with Gasteiger partial charge in [0.15, 0.2) is 0 Å². The van der Waals surface area contributed by atoms with Crippen LogP contribution < -0.4 is 0 Å². The highest BCUT2D eigenvalue weighted by atomic mass is 15.3. The van der Waals surface area contributed by atoms with Gasteiger partial charge in [-0.25, -0.2) is 4.98 Å². The van der Waals surface area contributed by atoms with E-state index in [1.165, 1.54) is 17.5 Å². The smallest absolute Gasteiger partial charge is 0.137 e. The zero-order valence-electron chi connectivity index (χ0n) is 15.4. The van der Waals surface area contributed by atoms with E-state index in [-0.39, 0.29) is 14.9 Å². The van der Waals surface area contributed by atoms with Crippen molar-refractivity contribution in [3.8, 4) is 0 Å². The zero-order chi connectivity index (χ0) is 18.3. The third-order valence-electron chi connectivity index (χ3n) is 3.07. The lowest BCUT2D eigenvalue weighted by Gasteiger charge is -1.82. The summed E-state index contributed by atoms with van der Waals surface area (Å²) in [7, 11) is 3.72. The average Bonchev–Trinajstić information content (AvgIpc) is 3.36. The molecule has 0 saturated carbocycles. The number of allylic oxidation sites excluding steroid dienone is 4. The molecular formula is C22H35N5. The first kappa shape index (κ1) is 26.3. The van der Waals surface area contributed by atoms with Gasteiger partial charge in [0.05, 0.1) is 0 Å². The van der Waals surface area contributed by atoms with Crippen molar-refractivity contribution in [3.05, 3.63) is 90.8 Å². The van der Waals surface area contributed by atoms with E-state index in [1.807, 2.05) is 44.6 Å². The molecule has 0 saturated heterocycles. The fraction of sp³-hybridized carbons (Fsp3) is 0.318. The van der Waals surface area contributed by atoms with Crippen LogP contribution in [-0.2, 0) is 14.1 Å². The van der Waals surface area contributed by atoms with Gasteiger partial charge in [-0.1, -0.05) is 74.5 Å². The fourth-order valence-corrected chi connectivity index (χ4v) is 1.72. The first-order chi connectivity index (χ1) is 12.1. The van der Waals surface area contributed by atoms with E-state index < -0.39 is 0 Å². The van der Waals surface area contributed by atoms with Crippen molar-refractivity contribution >= 4 is 0 Å². The lowest BCUT2D eigenvalue weighted by molar-refractivity contribution is 0.765. The molecule has 1 aliphatic rings. The lowest BCUT2D eigenvalue weighted by atomic mass is 10.2. The Bertz CT molecular complexity index is 676. The maximum atomic E-state index is 3.83. The maximum absolute atomic E-state index is 3.83. The highest BCUT2D eigenvalue weighted by Gasteiger charge is 1.84. The van der Waals surface area contributed by atoms with Crippen LogP contribution >= 0.6 is 0 Å². The summed E-state index contributed by atoms with van der Waals surface area (Å²) >= 11 is 0. The van der Waals surface area contributed by atoms with Crippen LogP contribution in [0.15, 0.2) is 85.2 Å². The van der Waals surface area contributed by atoms with Gasteiger partial charge >= 0.3 is 0 Å². The first-order valence-corrected chi connectivity index (χ1v) is 8.15. The molecule has 3 aromatic rings. The van der Waals surface area contributed by atoms with E-state index in [4.69, 9.17) is 0 Å². The largest absolute Gasteiger partial charge is 0.276 e. The highest BCUT2D eigenvalue weighted by Crippen LogP contribution is 2.05. The van der Waals surface area contributed by atoms with E-state index in [1.54, 1.807) is 21.9 Å². The molecule has 2 heterocycles. The molecule has 5 heteroatoms. The molecule has 148 valence electrons. The van der Waals surface area contributed by atoms with Gasteiger partial charge in [0, 0.05) is 26.5 Å². The van der Waals surface area contributed by atoms with Crippen molar-refractivity contribution < 1.29 is 0 Å². The Morgan fingerprint density at radius 3 is 1.78 bits per heavy atom. The van der Waals surface area contributed by atoms with E-state index >= 15 is 0 Å². The standard InChI is InChI=1S/C7H8.C6H8.C4H6N2.C3H5N3.2CH4/c1-7-5-3-2-4-6-7;2*1-6-4-2-3-5-6;1-6-3-4-2-5-6;;/h2-6H,1H3;2,4-5H,3H2,1H3;2-4H,1H3;2-3H,1H3;2*1H4. The van der Waals surface area contributed by atoms with Gasteiger partial charge in [0.2, 0.25) is 0 Å². The van der Waals surface area contributed by atoms with Crippen LogP contribution in [0.2, 0.25) is 0 Å². The van der Waals surface area contributed by atoms with Crippen molar-refractivity contribution in [2.75, 3.05) is 0 Å². The summed E-state index contributed by atoms with van der Waals surface area (Å²) in [6, 6.07) is 12.2. The minimum absolute atomic E-state index is 0. The SMILES string of the molecule is C.C.CC1=CCC=C1.Cc1ccccc1.Cn1cccn1.Cn1cncn1. The van der Waals surface area contributed by atoms with Crippen LogP contribution in [0, 0.1) is 6.92 Å². The number of hydrogen-bond donors (Lipinski definition) is 0. The number of nitrogens with zero attached hydrogens (tertiary/aromatic N) is 5. The second-order valence-electron chi connectivity index (χ2n) is 5.49. The molecule has 0 unspecified atom stereocenters. The second-order valence-corrected chi connectivity index (χ2v) is 5.49. The van der Waals surface area contributed by atoms with E-state index in [0.717, 1.165) is 6.42 Å². The molecule has 0 atom stereocenters. The van der Waals surface area contributed by atoms with Crippen LogP contribution in [0.5, 0.6) is 0 Å². The van der Waals surface area contributed by atoms with Crippen LogP contribution in [0.4, 0.5) is 0 Å². The summed E-state index contributed by atoms with van der Waals surface area (Å²) in [5, 5.41) is 7.56. The molecule has 0 radical (unpaired) electrons. The minimum Gasteiger partial charge on any atom is -0.276 e. The van der Waals surface area contributed by atoms with Crippen molar-refractivity contribution in [1.29, 1.82) is 0 Å². The Labute approximate surface area is 165 Å². The summed E-state index contributed by atoms with van der Waals surface area (Å²) in [5.41, 5.74) is 2.72. The Kier molecular flexibility index (Phi) is 16.1. The monoisotopic (exact) mass is 369 g/mol. The summed E-state index contributed by atoms with van der Waals surface area (Å²) in [5.74, 6) is 0. The number of rotatable bonds is 0. The minimum atomic E-state index is 0. The lowest BCUT2D eigenvalue weighted by Crippen LogP contribution is -1.83. The predicted octanol–water partition coefficient (Wildman–Crippen LogP) is 5.40. The molecule has 0 aliphatic heterocycles. The summed E-state index contributed by atoms with van der Waals surface area (Å²) < 4.78 is 3.39. The van der Waals surface area contributed by atoms with Crippen molar-refractivity contribution in [3.63, 3.8) is 0 Å². The molecule has 0 amide bonds. The van der Waals surface area contributed by atoms with Gasteiger partial charge in [0.25, 0.3) is 0 Å². The molecule has 27 heavy (non-hydrogen) atoms. The van der Waals surface area contributed by atoms with Crippen molar-refractivity contribution in [2.24, 2.45) is 14.1 Å². The Hall–Kier alpha value is -2.95. The summed E-state index contributed by atoms with van der Waals surface area (Å²) in [6.45, 7) is 4.20. The molecule has 1 aromatic carbocycles. The Morgan fingerprint density at radius 1 is 0.889 bits per heavy atom. The second kappa shape index (κ2) is 16.5. The number of benzene rings is 1. The molecular weight excluding hydrogens is 334 g/mol. The molecule has 4 rings (SSSR count). The van der Waals surface area contributed by atoms with Crippen molar-refractivity contribution in [1.82, 2.24) is 24.5 Å². The average molecular weight is 370 g/mol. The van der Waals surface area contributed by atoms with Crippen LogP contribution in [0.25, 0.3) is 0 Å². The Balaban J connectivity index is 0. The maximum Gasteiger partial charge on any atom is 0.137 e. The van der Waals surface area contributed by atoms with E-state index in [2.05, 4.69) is 59.4 Å². The van der Waals surface area contributed by atoms with Gasteiger partial charge in [0.1, 0.15) is 12.7 Å². The van der Waals surface area contributed by atoms with Crippen LogP contribution in [-0.4, -0.2) is 24.5 Å². The molecule has 0 N–H and O–H groups in total. The van der Waals surface area contributed by atoms with Gasteiger partial charge in [-0.3, -0.25) is 9.36 Å². The molecule has 0 bridgehead atoms. The predicted molar refractivity (Wildman–Crippen MR) is 116 cm³/mol. The van der Waals surface area contributed by atoms with Gasteiger partial charge in [-0.15, -0.1) is 0 Å². The van der Waals surface area contributed by atoms with Gasteiger partial charge in [-0.2, -0.15) is 10.2 Å². The number of aryl methyl sites for hydroxylation is 3. The van der Waals surface area contributed by atoms with Gasteiger partial charge < -0.3 is 0 Å². The van der Waals surface area contributed by atoms with Crippen LogP contribution in [0.1, 0.15) is 33.8 Å². The normalized spacial score (nSPS) is 10.3. The first-order valence-electron chi connectivity index (χ1n) is 8.15. The number of aromatic nitrogens is 5.